The van der Waals surface area contributed by atoms with Crippen LogP contribution in [0.2, 0.25) is 0 Å². The van der Waals surface area contributed by atoms with Crippen LogP contribution in [0, 0.1) is 0 Å². The lowest BCUT2D eigenvalue weighted by Crippen LogP contribution is -2.37. The van der Waals surface area contributed by atoms with Crippen molar-refractivity contribution in [2.45, 2.75) is 11.3 Å². The first-order chi connectivity index (χ1) is 13.5. The molecule has 2 aromatic carbocycles. The lowest BCUT2D eigenvalue weighted by Gasteiger charge is -2.29. The summed E-state index contributed by atoms with van der Waals surface area (Å²) in [6, 6.07) is 14.1. The monoisotopic (exact) mass is 395 g/mol. The molecule has 0 saturated heterocycles. The van der Waals surface area contributed by atoms with Crippen LogP contribution in [0.5, 0.6) is 5.75 Å². The highest BCUT2D eigenvalue weighted by molar-refractivity contribution is 7.92. The zero-order valence-electron chi connectivity index (χ0n) is 15.1. The van der Waals surface area contributed by atoms with Gasteiger partial charge in [-0.15, -0.1) is 0 Å². The third kappa shape index (κ3) is 3.11. The van der Waals surface area contributed by atoms with Gasteiger partial charge in [-0.2, -0.15) is 0 Å². The summed E-state index contributed by atoms with van der Waals surface area (Å²) in [7, 11) is -2.43. The minimum absolute atomic E-state index is 0.0321. The van der Waals surface area contributed by atoms with Crippen LogP contribution in [0.3, 0.4) is 0 Å². The van der Waals surface area contributed by atoms with E-state index in [2.05, 4.69) is 9.97 Å². The molecule has 0 saturated carbocycles. The number of carbonyl (C=O) groups excluding carboxylic acids is 1. The normalized spacial score (nSPS) is 13.9. The quantitative estimate of drug-likeness (QED) is 0.675. The Morgan fingerprint density at radius 1 is 1.04 bits per heavy atom. The van der Waals surface area contributed by atoms with Crippen molar-refractivity contribution in [1.29, 1.82) is 0 Å². The van der Waals surface area contributed by atoms with E-state index in [1.54, 1.807) is 18.2 Å². The maximum Gasteiger partial charge on any atom is 0.267 e. The molecule has 1 aliphatic rings. The lowest BCUT2D eigenvalue weighted by atomic mass is 10.0. The van der Waals surface area contributed by atoms with Crippen molar-refractivity contribution >= 4 is 21.5 Å². The zero-order chi connectivity index (χ0) is 19.7. The molecule has 0 aliphatic carbocycles. The number of ether oxygens (including phenoxy) is 1. The summed E-state index contributed by atoms with van der Waals surface area (Å²) in [4.78, 5) is 20.6. The van der Waals surface area contributed by atoms with E-state index >= 15 is 0 Å². The molecule has 28 heavy (non-hydrogen) atoms. The molecule has 0 bridgehead atoms. The van der Waals surface area contributed by atoms with Gasteiger partial charge in [0.25, 0.3) is 10.0 Å². The average Bonchev–Trinajstić information content (AvgIpc) is 2.74. The lowest BCUT2D eigenvalue weighted by molar-refractivity contribution is 0.0982. The van der Waals surface area contributed by atoms with E-state index in [1.807, 2.05) is 30.3 Å². The first-order valence-corrected chi connectivity index (χ1v) is 10.1. The Morgan fingerprint density at radius 2 is 1.75 bits per heavy atom. The number of fused-ring (bicyclic) bond motifs is 1. The van der Waals surface area contributed by atoms with Crippen molar-refractivity contribution in [3.05, 3.63) is 66.5 Å². The average molecular weight is 395 g/mol. The molecule has 1 aliphatic heterocycles. The number of rotatable bonds is 4. The fraction of sp³-hybridized carbons (Fsp3) is 0.150. The molecule has 7 nitrogen and oxygen atoms in total. The van der Waals surface area contributed by atoms with Gasteiger partial charge in [0.15, 0.2) is 11.6 Å². The molecule has 0 spiro atoms. The third-order valence-corrected chi connectivity index (χ3v) is 6.33. The topological polar surface area (TPSA) is 89.5 Å². The van der Waals surface area contributed by atoms with E-state index in [0.717, 1.165) is 5.56 Å². The smallest absolute Gasteiger partial charge is 0.267 e. The fourth-order valence-electron chi connectivity index (χ4n) is 3.10. The van der Waals surface area contributed by atoms with Gasteiger partial charge in [0, 0.05) is 30.2 Å². The number of benzene rings is 2. The van der Waals surface area contributed by atoms with E-state index in [0.29, 0.717) is 22.8 Å². The van der Waals surface area contributed by atoms with Gasteiger partial charge in [0.2, 0.25) is 0 Å². The largest absolute Gasteiger partial charge is 0.497 e. The molecule has 0 radical (unpaired) electrons. The van der Waals surface area contributed by atoms with E-state index < -0.39 is 10.0 Å². The Bertz CT molecular complexity index is 1130. The number of nitrogens with zero attached hydrogens (tertiary/aromatic N) is 3. The number of aromatic nitrogens is 2. The summed E-state index contributed by atoms with van der Waals surface area (Å²) < 4.78 is 32.8. The number of anilines is 1. The first-order valence-electron chi connectivity index (χ1n) is 8.62. The van der Waals surface area contributed by atoms with Crippen molar-refractivity contribution in [2.24, 2.45) is 0 Å². The summed E-state index contributed by atoms with van der Waals surface area (Å²) in [6.45, 7) is 0.0573. The molecule has 1 aromatic heterocycles. The van der Waals surface area contributed by atoms with Crippen LogP contribution in [0.25, 0.3) is 11.4 Å². The summed E-state index contributed by atoms with van der Waals surface area (Å²) >= 11 is 0. The molecule has 4 rings (SSSR count). The summed E-state index contributed by atoms with van der Waals surface area (Å²) in [5.41, 5.74) is 1.46. The molecular formula is C20H17N3O4S. The Kier molecular flexibility index (Phi) is 4.56. The van der Waals surface area contributed by atoms with Gasteiger partial charge in [-0.1, -0.05) is 30.3 Å². The second-order valence-electron chi connectivity index (χ2n) is 6.24. The second kappa shape index (κ2) is 7.05. The minimum atomic E-state index is -3.92. The Hall–Kier alpha value is -3.26. The Balaban J connectivity index is 1.73. The minimum Gasteiger partial charge on any atom is -0.497 e. The molecule has 0 N–H and O–H groups in total. The highest BCUT2D eigenvalue weighted by atomic mass is 32.2. The van der Waals surface area contributed by atoms with Gasteiger partial charge in [0.05, 0.1) is 25.2 Å². The zero-order valence-corrected chi connectivity index (χ0v) is 15.9. The standard InChI is InChI=1S/C20H17N3O4S/c1-27-15-7-8-17-18(11-15)23(10-9-19(17)24)28(25,26)16-12-21-20(22-13-16)14-5-3-2-4-6-14/h2-8,11-13H,9-10H2,1H3. The van der Waals surface area contributed by atoms with Gasteiger partial charge in [-0.3, -0.25) is 9.10 Å². The molecule has 0 amide bonds. The highest BCUT2D eigenvalue weighted by Gasteiger charge is 2.33. The number of sulfonamides is 1. The van der Waals surface area contributed by atoms with Crippen LogP contribution < -0.4 is 9.04 Å². The molecule has 8 heteroatoms. The SMILES string of the molecule is COc1ccc2c(c1)N(S(=O)(=O)c1cnc(-c3ccccc3)nc1)CCC2=O. The van der Waals surface area contributed by atoms with Crippen LogP contribution in [0.4, 0.5) is 5.69 Å². The van der Waals surface area contributed by atoms with E-state index in [9.17, 15) is 13.2 Å². The van der Waals surface area contributed by atoms with E-state index in [-0.39, 0.29) is 23.6 Å². The maximum atomic E-state index is 13.2. The first kappa shape index (κ1) is 18.1. The molecular weight excluding hydrogens is 378 g/mol. The van der Waals surface area contributed by atoms with E-state index in [4.69, 9.17) is 4.74 Å². The van der Waals surface area contributed by atoms with Gasteiger partial charge >= 0.3 is 0 Å². The van der Waals surface area contributed by atoms with Crippen molar-refractivity contribution < 1.29 is 17.9 Å². The molecule has 0 atom stereocenters. The van der Waals surface area contributed by atoms with Crippen molar-refractivity contribution in [3.63, 3.8) is 0 Å². The van der Waals surface area contributed by atoms with Crippen molar-refractivity contribution in [1.82, 2.24) is 9.97 Å². The summed E-state index contributed by atoms with van der Waals surface area (Å²) in [6.07, 6.45) is 2.70. The van der Waals surface area contributed by atoms with Crippen molar-refractivity contribution in [3.8, 4) is 17.1 Å². The van der Waals surface area contributed by atoms with E-state index in [1.165, 1.54) is 23.8 Å². The van der Waals surface area contributed by atoms with Gasteiger partial charge in [-0.25, -0.2) is 18.4 Å². The molecule has 0 fully saturated rings. The third-order valence-electron chi connectivity index (χ3n) is 4.56. The predicted molar refractivity (Wildman–Crippen MR) is 104 cm³/mol. The number of hydrogen-bond acceptors (Lipinski definition) is 6. The van der Waals surface area contributed by atoms with Crippen LogP contribution in [0.15, 0.2) is 65.8 Å². The Labute approximate surface area is 162 Å². The second-order valence-corrected chi connectivity index (χ2v) is 8.10. The maximum absolute atomic E-state index is 13.2. The predicted octanol–water partition coefficient (Wildman–Crippen LogP) is 2.93. The number of hydrogen-bond donors (Lipinski definition) is 0. The molecule has 2 heterocycles. The molecule has 142 valence electrons. The fourth-order valence-corrected chi connectivity index (χ4v) is 4.47. The van der Waals surface area contributed by atoms with Gasteiger partial charge in [-0.05, 0) is 12.1 Å². The number of carbonyl (C=O) groups is 1. The number of ketones is 1. The molecule has 0 unspecified atom stereocenters. The summed E-state index contributed by atoms with van der Waals surface area (Å²) in [5.74, 6) is 0.819. The van der Waals surface area contributed by atoms with Crippen molar-refractivity contribution in [2.75, 3.05) is 18.0 Å². The Morgan fingerprint density at radius 3 is 2.43 bits per heavy atom. The van der Waals surface area contributed by atoms with Crippen LogP contribution in [0.1, 0.15) is 16.8 Å². The van der Waals surface area contributed by atoms with Gasteiger partial charge in [0.1, 0.15) is 10.6 Å². The van der Waals surface area contributed by atoms with Crippen LogP contribution in [-0.2, 0) is 10.0 Å². The number of Topliss-reactive ketones (excluding diaryl/α,β-unsaturated/α-hetero) is 1. The van der Waals surface area contributed by atoms with Crippen LogP contribution in [-0.4, -0.2) is 37.8 Å². The van der Waals surface area contributed by atoms with Gasteiger partial charge < -0.3 is 4.74 Å². The summed E-state index contributed by atoms with van der Waals surface area (Å²) in [5, 5.41) is 0. The number of methoxy groups -OCH3 is 1. The highest BCUT2D eigenvalue weighted by Crippen LogP contribution is 2.34. The van der Waals surface area contributed by atoms with Crippen LogP contribution >= 0.6 is 0 Å². The molecule has 3 aromatic rings.